The number of anilines is 1. The van der Waals surface area contributed by atoms with Crippen molar-refractivity contribution in [1.29, 1.82) is 0 Å². The number of aromatic nitrogens is 1. The maximum absolute atomic E-state index is 5.36. The molecule has 0 radical (unpaired) electrons. The molecular weight excluding hydrogens is 170 g/mol. The smallest absolute Gasteiger partial charge is 0.292 e. The minimum Gasteiger partial charge on any atom is -0.432 e. The Balaban J connectivity index is 1.89. The highest BCUT2D eigenvalue weighted by Crippen LogP contribution is 2.07. The largest absolute Gasteiger partial charge is 0.432 e. The second-order valence-corrected chi connectivity index (χ2v) is 3.07. The number of nitrogens with zero attached hydrogens (tertiary/aromatic N) is 2. The molecule has 1 aromatic rings. The molecule has 0 spiro atoms. The first-order chi connectivity index (χ1) is 6.34. The molecule has 1 fully saturated rings. The number of nitrogens with two attached hydrogens (primary N) is 1. The van der Waals surface area contributed by atoms with Crippen molar-refractivity contribution in [3.63, 3.8) is 0 Å². The monoisotopic (exact) mass is 183 g/mol. The highest BCUT2D eigenvalue weighted by Gasteiger charge is 2.12. The van der Waals surface area contributed by atoms with Crippen LogP contribution in [0.2, 0.25) is 0 Å². The zero-order chi connectivity index (χ0) is 9.10. The molecule has 0 bridgehead atoms. The maximum atomic E-state index is 5.36. The fourth-order valence-electron chi connectivity index (χ4n) is 1.38. The lowest BCUT2D eigenvalue weighted by Gasteiger charge is -2.25. The van der Waals surface area contributed by atoms with Crippen molar-refractivity contribution in [1.82, 2.24) is 9.88 Å². The van der Waals surface area contributed by atoms with E-state index in [4.69, 9.17) is 14.9 Å². The van der Waals surface area contributed by atoms with Crippen molar-refractivity contribution >= 4 is 6.01 Å². The first kappa shape index (κ1) is 8.52. The molecule has 0 amide bonds. The predicted octanol–water partition coefficient (Wildman–Crippen LogP) is 0.0890. The van der Waals surface area contributed by atoms with Gasteiger partial charge in [-0.05, 0) is 0 Å². The number of hydrogen-bond acceptors (Lipinski definition) is 5. The standard InChI is InChI=1S/C8H13N3O2/c9-8-10-7(6-13-8)5-11-1-3-12-4-2-11/h6H,1-5H2,(H2,9,10). The molecule has 5 nitrogen and oxygen atoms in total. The number of hydrogen-bond donors (Lipinski definition) is 1. The van der Waals surface area contributed by atoms with Crippen LogP contribution >= 0.6 is 0 Å². The van der Waals surface area contributed by atoms with Crippen molar-refractivity contribution in [2.45, 2.75) is 6.54 Å². The second kappa shape index (κ2) is 3.76. The zero-order valence-electron chi connectivity index (χ0n) is 7.40. The van der Waals surface area contributed by atoms with Gasteiger partial charge in [0.05, 0.1) is 18.9 Å². The number of morpholine rings is 1. The predicted molar refractivity (Wildman–Crippen MR) is 47.0 cm³/mol. The molecule has 13 heavy (non-hydrogen) atoms. The van der Waals surface area contributed by atoms with Crippen LogP contribution in [0.25, 0.3) is 0 Å². The number of nitrogen functional groups attached to an aromatic ring is 1. The first-order valence-electron chi connectivity index (χ1n) is 4.34. The molecule has 0 unspecified atom stereocenters. The van der Waals surface area contributed by atoms with Crippen molar-refractivity contribution < 1.29 is 9.15 Å². The van der Waals surface area contributed by atoms with E-state index in [1.165, 1.54) is 0 Å². The van der Waals surface area contributed by atoms with Gasteiger partial charge in [-0.2, -0.15) is 4.98 Å². The van der Waals surface area contributed by atoms with Crippen molar-refractivity contribution in [2.24, 2.45) is 0 Å². The van der Waals surface area contributed by atoms with Gasteiger partial charge in [0.25, 0.3) is 6.01 Å². The van der Waals surface area contributed by atoms with Gasteiger partial charge in [-0.3, -0.25) is 4.90 Å². The SMILES string of the molecule is Nc1nc(CN2CCOCC2)co1. The van der Waals surface area contributed by atoms with Gasteiger partial charge in [0.1, 0.15) is 6.26 Å². The molecule has 0 saturated carbocycles. The third-order valence-electron chi connectivity index (χ3n) is 2.06. The van der Waals surface area contributed by atoms with Crippen LogP contribution in [-0.2, 0) is 11.3 Å². The minimum atomic E-state index is 0.239. The molecule has 72 valence electrons. The summed E-state index contributed by atoms with van der Waals surface area (Å²) in [6.45, 7) is 4.30. The summed E-state index contributed by atoms with van der Waals surface area (Å²) >= 11 is 0. The van der Waals surface area contributed by atoms with Crippen LogP contribution < -0.4 is 5.73 Å². The molecule has 1 aliphatic rings. The van der Waals surface area contributed by atoms with Crippen molar-refractivity contribution in [2.75, 3.05) is 32.0 Å². The Morgan fingerprint density at radius 1 is 1.46 bits per heavy atom. The molecule has 1 saturated heterocycles. The molecule has 1 aromatic heterocycles. The summed E-state index contributed by atoms with van der Waals surface area (Å²) in [7, 11) is 0. The van der Waals surface area contributed by atoms with Gasteiger partial charge in [-0.15, -0.1) is 0 Å². The fourth-order valence-corrected chi connectivity index (χ4v) is 1.38. The lowest BCUT2D eigenvalue weighted by Crippen LogP contribution is -2.35. The highest BCUT2D eigenvalue weighted by molar-refractivity contribution is 5.12. The van der Waals surface area contributed by atoms with Crippen LogP contribution in [0.15, 0.2) is 10.7 Å². The van der Waals surface area contributed by atoms with Crippen LogP contribution in [0.4, 0.5) is 6.01 Å². The van der Waals surface area contributed by atoms with E-state index >= 15 is 0 Å². The van der Waals surface area contributed by atoms with Gasteiger partial charge in [0.2, 0.25) is 0 Å². The van der Waals surface area contributed by atoms with Gasteiger partial charge in [-0.25, -0.2) is 0 Å². The molecule has 1 aliphatic heterocycles. The Kier molecular flexibility index (Phi) is 2.47. The van der Waals surface area contributed by atoms with E-state index in [1.807, 2.05) is 0 Å². The summed E-state index contributed by atoms with van der Waals surface area (Å²) in [5, 5.41) is 0. The Bertz CT molecular complexity index is 268. The van der Waals surface area contributed by atoms with Crippen LogP contribution in [0.1, 0.15) is 5.69 Å². The fraction of sp³-hybridized carbons (Fsp3) is 0.625. The molecule has 0 aliphatic carbocycles. The van der Waals surface area contributed by atoms with Crippen LogP contribution in [0.3, 0.4) is 0 Å². The normalized spacial score (nSPS) is 19.1. The zero-order valence-corrected chi connectivity index (χ0v) is 7.40. The van der Waals surface area contributed by atoms with Crippen LogP contribution in [-0.4, -0.2) is 36.2 Å². The first-order valence-corrected chi connectivity index (χ1v) is 4.34. The molecule has 2 heterocycles. The van der Waals surface area contributed by atoms with Gasteiger partial charge >= 0.3 is 0 Å². The van der Waals surface area contributed by atoms with Gasteiger partial charge in [0, 0.05) is 19.6 Å². The van der Waals surface area contributed by atoms with Crippen LogP contribution in [0.5, 0.6) is 0 Å². The Hall–Kier alpha value is -1.07. The van der Waals surface area contributed by atoms with Gasteiger partial charge in [0.15, 0.2) is 0 Å². The summed E-state index contributed by atoms with van der Waals surface area (Å²) in [6.07, 6.45) is 1.60. The third-order valence-corrected chi connectivity index (χ3v) is 2.06. The van der Waals surface area contributed by atoms with E-state index in [9.17, 15) is 0 Å². The summed E-state index contributed by atoms with van der Waals surface area (Å²) in [6, 6.07) is 0.239. The van der Waals surface area contributed by atoms with E-state index in [1.54, 1.807) is 6.26 Å². The van der Waals surface area contributed by atoms with Gasteiger partial charge < -0.3 is 14.9 Å². The lowest BCUT2D eigenvalue weighted by atomic mass is 10.3. The Morgan fingerprint density at radius 2 is 2.23 bits per heavy atom. The topological polar surface area (TPSA) is 64.5 Å². The average Bonchev–Trinajstić information content (AvgIpc) is 2.53. The summed E-state index contributed by atoms with van der Waals surface area (Å²) in [4.78, 5) is 6.30. The average molecular weight is 183 g/mol. The third kappa shape index (κ3) is 2.19. The number of rotatable bonds is 2. The number of ether oxygens (including phenoxy) is 1. The maximum Gasteiger partial charge on any atom is 0.292 e. The summed E-state index contributed by atoms with van der Waals surface area (Å²) in [5.74, 6) is 0. The Labute approximate surface area is 76.5 Å². The number of oxazole rings is 1. The van der Waals surface area contributed by atoms with E-state index in [-0.39, 0.29) is 6.01 Å². The van der Waals surface area contributed by atoms with E-state index < -0.39 is 0 Å². The Morgan fingerprint density at radius 3 is 2.85 bits per heavy atom. The molecule has 0 aromatic carbocycles. The van der Waals surface area contributed by atoms with Crippen LogP contribution in [0, 0.1) is 0 Å². The van der Waals surface area contributed by atoms with E-state index in [2.05, 4.69) is 9.88 Å². The molecule has 2 N–H and O–H groups in total. The molecule has 0 atom stereocenters. The van der Waals surface area contributed by atoms with Gasteiger partial charge in [-0.1, -0.05) is 0 Å². The van der Waals surface area contributed by atoms with Crippen molar-refractivity contribution in [3.05, 3.63) is 12.0 Å². The molecule has 5 heteroatoms. The lowest BCUT2D eigenvalue weighted by molar-refractivity contribution is 0.0336. The molecular formula is C8H13N3O2. The van der Waals surface area contributed by atoms with Crippen molar-refractivity contribution in [3.8, 4) is 0 Å². The quantitative estimate of drug-likeness (QED) is 0.704. The van der Waals surface area contributed by atoms with E-state index in [0.29, 0.717) is 0 Å². The second-order valence-electron chi connectivity index (χ2n) is 3.07. The highest BCUT2D eigenvalue weighted by atomic mass is 16.5. The molecule has 2 rings (SSSR count). The van der Waals surface area contributed by atoms with E-state index in [0.717, 1.165) is 38.5 Å². The summed E-state index contributed by atoms with van der Waals surface area (Å²) in [5.41, 5.74) is 6.25. The summed E-state index contributed by atoms with van der Waals surface area (Å²) < 4.78 is 10.1. The minimum absolute atomic E-state index is 0.239.